The Kier molecular flexibility index (Phi) is 6.19. The topological polar surface area (TPSA) is 90.9 Å². The Balaban J connectivity index is 1.12. The third kappa shape index (κ3) is 4.73. The smallest absolute Gasteiger partial charge is 0.251 e. The predicted molar refractivity (Wildman–Crippen MR) is 142 cm³/mol. The molecule has 0 bridgehead atoms. The fourth-order valence-corrected chi connectivity index (χ4v) is 6.14. The highest BCUT2D eigenvalue weighted by Gasteiger charge is 2.34. The van der Waals surface area contributed by atoms with Gasteiger partial charge in [-0.3, -0.25) is 9.78 Å². The van der Waals surface area contributed by atoms with Crippen molar-refractivity contribution in [1.29, 1.82) is 0 Å². The average Bonchev–Trinajstić information content (AvgIpc) is 3.33. The summed E-state index contributed by atoms with van der Waals surface area (Å²) in [5, 5.41) is 14.1. The van der Waals surface area contributed by atoms with Crippen molar-refractivity contribution in [3.8, 4) is 0 Å². The molecule has 2 heterocycles. The quantitative estimate of drug-likeness (QED) is 0.304. The lowest BCUT2D eigenvalue weighted by atomic mass is 9.73. The van der Waals surface area contributed by atoms with Crippen LogP contribution < -0.4 is 5.32 Å². The molecule has 3 N–H and O–H groups in total. The number of aromatic nitrogens is 3. The van der Waals surface area contributed by atoms with Crippen molar-refractivity contribution in [2.24, 2.45) is 5.92 Å². The number of H-pyrrole nitrogens is 1. The second kappa shape index (κ2) is 9.53. The number of fused-ring (bicyclic) bond motifs is 2. The normalized spacial score (nSPS) is 22.0. The van der Waals surface area contributed by atoms with Crippen LogP contribution in [0.2, 0.25) is 0 Å². The molecular weight excluding hydrogens is 467 g/mol. The molecule has 1 atom stereocenters. The summed E-state index contributed by atoms with van der Waals surface area (Å²) in [6, 6.07) is 12.4. The molecule has 2 aromatic carbocycles. The standard InChI is InChI=1S/C30H33FN4O2/c1-18(19-3-5-20(6-4-19)23-11-14-32-25-10-8-22(31)16-24(23)25)28-34-26-9-7-21(15-27(26)35-28)29(36)33-17-30(37)12-2-13-30/h7-11,14-16,18-20,37H,2-6,12-13,17H2,1H3,(H,33,36)(H,34,35)/t18?,19-,20+. The molecule has 2 aliphatic carbocycles. The first-order chi connectivity index (χ1) is 17.9. The van der Waals surface area contributed by atoms with Crippen LogP contribution in [0.1, 0.15) is 85.5 Å². The molecule has 37 heavy (non-hydrogen) atoms. The fraction of sp³-hybridized carbons (Fsp3) is 0.433. The zero-order valence-electron chi connectivity index (χ0n) is 21.1. The minimum atomic E-state index is -0.742. The minimum absolute atomic E-state index is 0.179. The van der Waals surface area contributed by atoms with E-state index < -0.39 is 5.60 Å². The number of nitrogens with zero attached hydrogens (tertiary/aromatic N) is 2. The van der Waals surface area contributed by atoms with Crippen LogP contribution in [-0.2, 0) is 0 Å². The molecule has 2 saturated carbocycles. The van der Waals surface area contributed by atoms with Gasteiger partial charge in [0.05, 0.1) is 22.2 Å². The average molecular weight is 501 g/mol. The molecule has 0 saturated heterocycles. The van der Waals surface area contributed by atoms with E-state index in [4.69, 9.17) is 4.98 Å². The maximum absolute atomic E-state index is 13.9. The summed E-state index contributed by atoms with van der Waals surface area (Å²) in [7, 11) is 0. The van der Waals surface area contributed by atoms with Crippen molar-refractivity contribution >= 4 is 27.8 Å². The van der Waals surface area contributed by atoms with Gasteiger partial charge in [0.25, 0.3) is 5.91 Å². The Labute approximate surface area is 215 Å². The lowest BCUT2D eigenvalue weighted by Gasteiger charge is -2.36. The Morgan fingerprint density at radius 1 is 1.14 bits per heavy atom. The van der Waals surface area contributed by atoms with E-state index in [0.717, 1.165) is 72.7 Å². The van der Waals surface area contributed by atoms with Gasteiger partial charge in [-0.1, -0.05) is 6.92 Å². The van der Waals surface area contributed by atoms with Gasteiger partial charge in [-0.25, -0.2) is 9.37 Å². The highest BCUT2D eigenvalue weighted by Crippen LogP contribution is 2.43. The van der Waals surface area contributed by atoms with Gasteiger partial charge in [0.2, 0.25) is 0 Å². The zero-order chi connectivity index (χ0) is 25.6. The van der Waals surface area contributed by atoms with E-state index in [9.17, 15) is 14.3 Å². The van der Waals surface area contributed by atoms with E-state index in [2.05, 4.69) is 28.3 Å². The number of imidazole rings is 1. The Morgan fingerprint density at radius 2 is 1.95 bits per heavy atom. The van der Waals surface area contributed by atoms with Crippen LogP contribution in [-0.4, -0.2) is 38.1 Å². The van der Waals surface area contributed by atoms with E-state index in [0.29, 0.717) is 23.9 Å². The van der Waals surface area contributed by atoms with Crippen molar-refractivity contribution < 1.29 is 14.3 Å². The van der Waals surface area contributed by atoms with Crippen molar-refractivity contribution in [3.05, 3.63) is 71.4 Å². The number of aromatic amines is 1. The summed E-state index contributed by atoms with van der Waals surface area (Å²) in [6.45, 7) is 2.52. The number of halogens is 1. The maximum Gasteiger partial charge on any atom is 0.251 e. The third-order valence-electron chi connectivity index (χ3n) is 8.71. The third-order valence-corrected chi connectivity index (χ3v) is 8.71. The summed E-state index contributed by atoms with van der Waals surface area (Å²) < 4.78 is 13.9. The van der Waals surface area contributed by atoms with Gasteiger partial charge in [-0.05, 0) is 105 Å². The number of pyridine rings is 1. The zero-order valence-corrected chi connectivity index (χ0v) is 21.1. The summed E-state index contributed by atoms with van der Waals surface area (Å²) in [5.74, 6) is 1.74. The molecule has 1 amide bonds. The first-order valence-electron chi connectivity index (χ1n) is 13.4. The maximum atomic E-state index is 13.9. The van der Waals surface area contributed by atoms with Gasteiger partial charge in [0, 0.05) is 29.6 Å². The first-order valence-corrected chi connectivity index (χ1v) is 13.4. The molecule has 0 aliphatic heterocycles. The number of hydrogen-bond acceptors (Lipinski definition) is 4. The van der Waals surface area contributed by atoms with Crippen molar-refractivity contribution in [2.75, 3.05) is 6.54 Å². The van der Waals surface area contributed by atoms with E-state index in [1.165, 1.54) is 11.6 Å². The number of rotatable bonds is 6. The van der Waals surface area contributed by atoms with Crippen LogP contribution in [0.4, 0.5) is 4.39 Å². The molecule has 6 rings (SSSR count). The molecule has 2 aliphatic rings. The second-order valence-corrected chi connectivity index (χ2v) is 11.1. The molecule has 0 radical (unpaired) electrons. The predicted octanol–water partition coefficient (Wildman–Crippen LogP) is 5.97. The summed E-state index contributed by atoms with van der Waals surface area (Å²) >= 11 is 0. The SMILES string of the molecule is CC(c1nc2cc(C(=O)NCC3(O)CCC3)ccc2[nH]1)[C@H]1CC[C@@H](c2ccnc3ccc(F)cc32)CC1. The number of benzene rings is 2. The number of nitrogens with one attached hydrogen (secondary N) is 2. The second-order valence-electron chi connectivity index (χ2n) is 11.1. The minimum Gasteiger partial charge on any atom is -0.388 e. The van der Waals surface area contributed by atoms with Gasteiger partial charge in [-0.15, -0.1) is 0 Å². The lowest BCUT2D eigenvalue weighted by molar-refractivity contribution is -0.0300. The molecule has 4 aromatic rings. The Morgan fingerprint density at radius 3 is 2.70 bits per heavy atom. The summed E-state index contributed by atoms with van der Waals surface area (Å²) in [5.41, 5.74) is 3.58. The van der Waals surface area contributed by atoms with Crippen LogP contribution in [0, 0.1) is 11.7 Å². The van der Waals surface area contributed by atoms with E-state index >= 15 is 0 Å². The van der Waals surface area contributed by atoms with E-state index in [1.807, 2.05) is 24.4 Å². The van der Waals surface area contributed by atoms with Crippen LogP contribution in [0.25, 0.3) is 21.9 Å². The largest absolute Gasteiger partial charge is 0.388 e. The van der Waals surface area contributed by atoms with Crippen LogP contribution in [0.15, 0.2) is 48.7 Å². The molecular formula is C30H33FN4O2. The molecule has 6 nitrogen and oxygen atoms in total. The van der Waals surface area contributed by atoms with E-state index in [-0.39, 0.29) is 17.6 Å². The van der Waals surface area contributed by atoms with Gasteiger partial charge in [0.1, 0.15) is 11.6 Å². The van der Waals surface area contributed by atoms with Crippen LogP contribution in [0.5, 0.6) is 0 Å². The molecule has 192 valence electrons. The highest BCUT2D eigenvalue weighted by molar-refractivity contribution is 5.97. The van der Waals surface area contributed by atoms with Gasteiger partial charge >= 0.3 is 0 Å². The summed E-state index contributed by atoms with van der Waals surface area (Å²) in [4.78, 5) is 25.4. The monoisotopic (exact) mass is 500 g/mol. The molecule has 7 heteroatoms. The number of hydrogen-bond donors (Lipinski definition) is 3. The highest BCUT2D eigenvalue weighted by atomic mass is 19.1. The molecule has 1 unspecified atom stereocenters. The fourth-order valence-electron chi connectivity index (χ4n) is 6.14. The van der Waals surface area contributed by atoms with Gasteiger partial charge in [-0.2, -0.15) is 0 Å². The Hall–Kier alpha value is -3.32. The Bertz CT molecular complexity index is 1450. The lowest BCUT2D eigenvalue weighted by Crippen LogP contribution is -2.47. The van der Waals surface area contributed by atoms with Crippen molar-refractivity contribution in [2.45, 2.75) is 69.3 Å². The van der Waals surface area contributed by atoms with Crippen LogP contribution in [0.3, 0.4) is 0 Å². The molecule has 2 aromatic heterocycles. The van der Waals surface area contributed by atoms with Gasteiger partial charge in [0.15, 0.2) is 0 Å². The first kappa shape index (κ1) is 24.0. The van der Waals surface area contributed by atoms with E-state index in [1.54, 1.807) is 12.1 Å². The molecule has 0 spiro atoms. The van der Waals surface area contributed by atoms with Gasteiger partial charge < -0.3 is 15.4 Å². The number of aliphatic hydroxyl groups is 1. The van der Waals surface area contributed by atoms with Crippen LogP contribution >= 0.6 is 0 Å². The summed E-state index contributed by atoms with van der Waals surface area (Å²) in [6.07, 6.45) is 8.61. The molecule has 2 fully saturated rings. The number of carbonyl (C=O) groups is 1. The van der Waals surface area contributed by atoms with Crippen molar-refractivity contribution in [3.63, 3.8) is 0 Å². The van der Waals surface area contributed by atoms with Crippen molar-refractivity contribution in [1.82, 2.24) is 20.3 Å². The number of carbonyl (C=O) groups excluding carboxylic acids is 1. The number of amides is 1.